The molecule has 0 aliphatic rings. The van der Waals surface area contributed by atoms with Crippen molar-refractivity contribution < 1.29 is 9.18 Å². The molecule has 3 aromatic carbocycles. The fraction of sp³-hybridized carbons (Fsp3) is 0.125. The summed E-state index contributed by atoms with van der Waals surface area (Å²) in [5.74, 6) is 0.209. The quantitative estimate of drug-likeness (QED) is 0.425. The Morgan fingerprint density at radius 1 is 1.06 bits per heavy atom. The summed E-state index contributed by atoms with van der Waals surface area (Å²) in [5, 5.41) is 9.72. The summed E-state index contributed by atoms with van der Waals surface area (Å²) in [6.45, 7) is 2.52. The SMILES string of the molecule is Cc1c(CCNC(=O)c2ccc3ccccc3c2)sc2nc(-c3ccc(F)cc3)nn12. The van der Waals surface area contributed by atoms with Gasteiger partial charge in [-0.05, 0) is 54.1 Å². The molecule has 5 nitrogen and oxygen atoms in total. The molecule has 0 atom stereocenters. The maximum absolute atomic E-state index is 13.1. The first kappa shape index (κ1) is 19.4. The molecule has 0 radical (unpaired) electrons. The third kappa shape index (κ3) is 3.80. The number of carbonyl (C=O) groups excluding carboxylic acids is 1. The van der Waals surface area contributed by atoms with Crippen LogP contribution >= 0.6 is 11.3 Å². The second kappa shape index (κ2) is 7.92. The number of aromatic nitrogens is 3. The first-order valence-electron chi connectivity index (χ1n) is 9.96. The lowest BCUT2D eigenvalue weighted by Crippen LogP contribution is -2.25. The number of hydrogen-bond donors (Lipinski definition) is 1. The van der Waals surface area contributed by atoms with Gasteiger partial charge in [-0.25, -0.2) is 8.91 Å². The van der Waals surface area contributed by atoms with Crippen molar-refractivity contribution in [3.8, 4) is 11.4 Å². The fourth-order valence-corrected chi connectivity index (χ4v) is 4.61. The van der Waals surface area contributed by atoms with Gasteiger partial charge in [0.1, 0.15) is 5.82 Å². The van der Waals surface area contributed by atoms with Crippen LogP contribution in [-0.2, 0) is 6.42 Å². The molecule has 0 spiro atoms. The van der Waals surface area contributed by atoms with E-state index in [1.165, 1.54) is 12.1 Å². The lowest BCUT2D eigenvalue weighted by molar-refractivity contribution is 0.0954. The zero-order chi connectivity index (χ0) is 21.4. The van der Waals surface area contributed by atoms with Crippen molar-refractivity contribution in [3.63, 3.8) is 0 Å². The molecule has 2 aromatic heterocycles. The Bertz CT molecular complexity index is 1400. The van der Waals surface area contributed by atoms with Gasteiger partial charge >= 0.3 is 0 Å². The molecule has 2 heterocycles. The molecule has 5 aromatic rings. The average Bonchev–Trinajstić information content (AvgIpc) is 3.33. The van der Waals surface area contributed by atoms with Crippen LogP contribution in [-0.4, -0.2) is 27.0 Å². The molecule has 1 amide bonds. The summed E-state index contributed by atoms with van der Waals surface area (Å²) >= 11 is 1.56. The van der Waals surface area contributed by atoms with Crippen molar-refractivity contribution in [2.24, 2.45) is 0 Å². The number of carbonyl (C=O) groups is 1. The van der Waals surface area contributed by atoms with E-state index in [0.29, 0.717) is 24.4 Å². The predicted molar refractivity (Wildman–Crippen MR) is 121 cm³/mol. The van der Waals surface area contributed by atoms with Crippen molar-refractivity contribution in [2.45, 2.75) is 13.3 Å². The van der Waals surface area contributed by atoms with Gasteiger partial charge in [-0.3, -0.25) is 4.79 Å². The Labute approximate surface area is 182 Å². The summed E-state index contributed by atoms with van der Waals surface area (Å²) in [5.41, 5.74) is 2.43. The minimum absolute atomic E-state index is 0.0820. The number of rotatable bonds is 5. The highest BCUT2D eigenvalue weighted by atomic mass is 32.1. The Morgan fingerprint density at radius 3 is 2.61 bits per heavy atom. The summed E-state index contributed by atoms with van der Waals surface area (Å²) < 4.78 is 15.0. The molecule has 1 N–H and O–H groups in total. The Balaban J connectivity index is 1.27. The molecule has 31 heavy (non-hydrogen) atoms. The van der Waals surface area contributed by atoms with E-state index in [2.05, 4.69) is 15.4 Å². The smallest absolute Gasteiger partial charge is 0.251 e. The summed E-state index contributed by atoms with van der Waals surface area (Å²) in [6.07, 6.45) is 0.701. The summed E-state index contributed by atoms with van der Waals surface area (Å²) in [4.78, 5) is 19.0. The van der Waals surface area contributed by atoms with Crippen molar-refractivity contribution >= 4 is 33.0 Å². The minimum atomic E-state index is -0.283. The molecule has 0 aliphatic heterocycles. The number of nitrogens with zero attached hydrogens (tertiary/aromatic N) is 3. The van der Waals surface area contributed by atoms with Gasteiger partial charge in [0.2, 0.25) is 4.96 Å². The fourth-order valence-electron chi connectivity index (χ4n) is 3.56. The molecule has 154 valence electrons. The highest BCUT2D eigenvalue weighted by Gasteiger charge is 2.15. The first-order chi connectivity index (χ1) is 15.1. The molecule has 0 unspecified atom stereocenters. The second-order valence-electron chi connectivity index (χ2n) is 7.32. The number of halogens is 1. The van der Waals surface area contributed by atoms with Crippen LogP contribution in [0, 0.1) is 12.7 Å². The van der Waals surface area contributed by atoms with Gasteiger partial charge in [-0.1, -0.05) is 41.7 Å². The van der Waals surface area contributed by atoms with Crippen molar-refractivity contribution in [2.75, 3.05) is 6.54 Å². The molecule has 0 fully saturated rings. The van der Waals surface area contributed by atoms with E-state index < -0.39 is 0 Å². The zero-order valence-electron chi connectivity index (χ0n) is 16.8. The molecular formula is C24H19FN4OS. The van der Waals surface area contributed by atoms with Gasteiger partial charge in [0.25, 0.3) is 5.91 Å². The highest BCUT2D eigenvalue weighted by molar-refractivity contribution is 7.17. The van der Waals surface area contributed by atoms with Crippen LogP contribution in [0.25, 0.3) is 27.1 Å². The maximum Gasteiger partial charge on any atom is 0.251 e. The Kier molecular flexibility index (Phi) is 4.95. The van der Waals surface area contributed by atoms with Crippen molar-refractivity contribution in [1.29, 1.82) is 0 Å². The van der Waals surface area contributed by atoms with E-state index in [9.17, 15) is 9.18 Å². The second-order valence-corrected chi connectivity index (χ2v) is 8.38. The monoisotopic (exact) mass is 430 g/mol. The van der Waals surface area contributed by atoms with Gasteiger partial charge in [0, 0.05) is 29.0 Å². The number of aryl methyl sites for hydroxylation is 1. The van der Waals surface area contributed by atoms with Crippen LogP contribution < -0.4 is 5.32 Å². The molecule has 7 heteroatoms. The van der Waals surface area contributed by atoms with Crippen molar-refractivity contribution in [3.05, 3.63) is 88.7 Å². The first-order valence-corrected chi connectivity index (χ1v) is 10.8. The van der Waals surface area contributed by atoms with Gasteiger partial charge < -0.3 is 5.32 Å². The zero-order valence-corrected chi connectivity index (χ0v) is 17.6. The number of amides is 1. The van der Waals surface area contributed by atoms with E-state index in [0.717, 1.165) is 31.9 Å². The van der Waals surface area contributed by atoms with E-state index >= 15 is 0 Å². The van der Waals surface area contributed by atoms with E-state index in [1.54, 1.807) is 23.5 Å². The largest absolute Gasteiger partial charge is 0.352 e. The standard InChI is InChI=1S/C24H19FN4OS/c1-15-21(31-24-27-22(28-29(15)24)17-8-10-20(25)11-9-17)12-13-26-23(30)19-7-6-16-4-2-3-5-18(16)14-19/h2-11,14H,12-13H2,1H3,(H,26,30). The van der Waals surface area contributed by atoms with E-state index in [-0.39, 0.29) is 11.7 Å². The summed E-state index contributed by atoms with van der Waals surface area (Å²) in [6, 6.07) is 19.9. The Hall–Kier alpha value is -3.58. The lowest BCUT2D eigenvalue weighted by Gasteiger charge is -2.06. The molecule has 0 aliphatic carbocycles. The topological polar surface area (TPSA) is 59.3 Å². The van der Waals surface area contributed by atoms with Gasteiger partial charge in [0.05, 0.1) is 5.69 Å². The maximum atomic E-state index is 13.1. The number of fused-ring (bicyclic) bond motifs is 2. The summed E-state index contributed by atoms with van der Waals surface area (Å²) in [7, 11) is 0. The number of nitrogens with one attached hydrogen (secondary N) is 1. The lowest BCUT2D eigenvalue weighted by atomic mass is 10.1. The van der Waals surface area contributed by atoms with Gasteiger partial charge in [-0.2, -0.15) is 4.98 Å². The predicted octanol–water partition coefficient (Wildman–Crippen LogP) is 5.03. The molecule has 5 rings (SSSR count). The van der Waals surface area contributed by atoms with Gasteiger partial charge in [-0.15, -0.1) is 5.10 Å². The van der Waals surface area contributed by atoms with E-state index in [1.807, 2.05) is 53.9 Å². The normalized spacial score (nSPS) is 11.3. The van der Waals surface area contributed by atoms with Gasteiger partial charge in [0.15, 0.2) is 5.82 Å². The average molecular weight is 431 g/mol. The van der Waals surface area contributed by atoms with Crippen LogP contribution in [0.5, 0.6) is 0 Å². The van der Waals surface area contributed by atoms with Crippen LogP contribution in [0.4, 0.5) is 4.39 Å². The number of benzene rings is 3. The molecule has 0 bridgehead atoms. The van der Waals surface area contributed by atoms with Crippen molar-refractivity contribution in [1.82, 2.24) is 19.9 Å². The van der Waals surface area contributed by atoms with Crippen LogP contribution in [0.15, 0.2) is 66.7 Å². The highest BCUT2D eigenvalue weighted by Crippen LogP contribution is 2.25. The molecule has 0 saturated carbocycles. The van der Waals surface area contributed by atoms with E-state index in [4.69, 9.17) is 0 Å². The third-order valence-corrected chi connectivity index (χ3v) is 6.46. The molecular weight excluding hydrogens is 411 g/mol. The number of hydrogen-bond acceptors (Lipinski definition) is 4. The third-order valence-electron chi connectivity index (χ3n) is 5.26. The van der Waals surface area contributed by atoms with Crippen LogP contribution in [0.1, 0.15) is 20.9 Å². The van der Waals surface area contributed by atoms with Crippen LogP contribution in [0.2, 0.25) is 0 Å². The Morgan fingerprint density at radius 2 is 1.84 bits per heavy atom. The van der Waals surface area contributed by atoms with Crippen LogP contribution in [0.3, 0.4) is 0 Å². The number of thiazole rings is 1. The minimum Gasteiger partial charge on any atom is -0.352 e. The molecule has 0 saturated heterocycles.